The molecule has 0 fully saturated rings. The second-order valence-corrected chi connectivity index (χ2v) is 8.43. The molecule has 0 spiro atoms. The van der Waals surface area contributed by atoms with Crippen molar-refractivity contribution in [2.45, 2.75) is 32.4 Å². The lowest BCUT2D eigenvalue weighted by molar-refractivity contribution is -0.121. The summed E-state index contributed by atoms with van der Waals surface area (Å²) in [6.45, 7) is 2.07. The lowest BCUT2D eigenvalue weighted by Crippen LogP contribution is -2.28. The highest BCUT2D eigenvalue weighted by Gasteiger charge is 2.14. The van der Waals surface area contributed by atoms with E-state index in [0.29, 0.717) is 22.6 Å². The summed E-state index contributed by atoms with van der Waals surface area (Å²) >= 11 is 0. The zero-order valence-corrected chi connectivity index (χ0v) is 20.5. The van der Waals surface area contributed by atoms with Gasteiger partial charge in [0.2, 0.25) is 5.91 Å². The summed E-state index contributed by atoms with van der Waals surface area (Å²) < 4.78 is 24.6. The molecule has 190 valence electrons. The lowest BCUT2D eigenvalue weighted by Gasteiger charge is -2.14. The molecule has 0 saturated carbocycles. The van der Waals surface area contributed by atoms with Crippen molar-refractivity contribution in [3.8, 4) is 22.9 Å². The number of hydrogen-bond donors (Lipinski definition) is 2. The second-order valence-electron chi connectivity index (χ2n) is 8.43. The molecule has 1 unspecified atom stereocenters. The van der Waals surface area contributed by atoms with Gasteiger partial charge in [-0.3, -0.25) is 9.59 Å². The number of nitrogens with one attached hydrogen (secondary N) is 2. The largest absolute Gasteiger partial charge is 0.493 e. The first kappa shape index (κ1) is 25.6. The molecule has 9 heteroatoms. The van der Waals surface area contributed by atoms with E-state index < -0.39 is 5.56 Å². The van der Waals surface area contributed by atoms with Gasteiger partial charge in [0.15, 0.2) is 17.3 Å². The molecule has 8 nitrogen and oxygen atoms in total. The Bertz CT molecular complexity index is 1430. The Hall–Kier alpha value is -4.53. The summed E-state index contributed by atoms with van der Waals surface area (Å²) in [5.41, 5.74) is 2.01. The van der Waals surface area contributed by atoms with Crippen molar-refractivity contribution in [3.05, 3.63) is 106 Å². The number of carbonyl (C=O) groups excluding carboxylic acids is 1. The third kappa shape index (κ3) is 6.78. The van der Waals surface area contributed by atoms with E-state index in [0.717, 1.165) is 5.56 Å². The highest BCUT2D eigenvalue weighted by Crippen LogP contribution is 2.31. The molecule has 0 saturated heterocycles. The number of ether oxygens (including phenoxy) is 2. The van der Waals surface area contributed by atoms with Crippen molar-refractivity contribution in [3.63, 3.8) is 0 Å². The molecule has 3 aromatic carbocycles. The highest BCUT2D eigenvalue weighted by molar-refractivity contribution is 5.76. The number of rotatable bonds is 10. The first-order valence-electron chi connectivity index (χ1n) is 11.8. The van der Waals surface area contributed by atoms with Gasteiger partial charge in [0.05, 0.1) is 13.2 Å². The fourth-order valence-corrected chi connectivity index (χ4v) is 3.75. The van der Waals surface area contributed by atoms with Gasteiger partial charge in [0.1, 0.15) is 18.1 Å². The average Bonchev–Trinajstić information content (AvgIpc) is 2.91. The minimum atomic E-state index is -0.417. The van der Waals surface area contributed by atoms with E-state index in [2.05, 4.69) is 20.5 Å². The van der Waals surface area contributed by atoms with Crippen LogP contribution in [-0.4, -0.2) is 28.2 Å². The molecule has 37 heavy (non-hydrogen) atoms. The number of amides is 1. The number of hydrogen-bond acceptors (Lipinski definition) is 6. The quantitative estimate of drug-likeness (QED) is 0.334. The lowest BCUT2D eigenvalue weighted by atomic mass is 10.1. The molecule has 0 radical (unpaired) electrons. The van der Waals surface area contributed by atoms with Gasteiger partial charge in [0, 0.05) is 18.4 Å². The molecule has 1 amide bonds. The number of aryl methyl sites for hydroxylation is 1. The molecule has 0 aliphatic heterocycles. The third-order valence-corrected chi connectivity index (χ3v) is 5.75. The maximum Gasteiger partial charge on any atom is 0.273 e. The first-order chi connectivity index (χ1) is 17.9. The predicted octanol–water partition coefficient (Wildman–Crippen LogP) is 4.37. The predicted molar refractivity (Wildman–Crippen MR) is 137 cm³/mol. The Morgan fingerprint density at radius 2 is 1.84 bits per heavy atom. The number of methoxy groups -OCH3 is 1. The van der Waals surface area contributed by atoms with E-state index in [1.165, 1.54) is 19.2 Å². The van der Waals surface area contributed by atoms with E-state index in [-0.39, 0.29) is 48.7 Å². The van der Waals surface area contributed by atoms with Crippen LogP contribution in [0.1, 0.15) is 36.2 Å². The van der Waals surface area contributed by atoms with Crippen LogP contribution in [0.25, 0.3) is 11.4 Å². The molecular formula is C28H27FN4O4. The number of halogens is 1. The molecule has 1 heterocycles. The van der Waals surface area contributed by atoms with Crippen LogP contribution in [0.3, 0.4) is 0 Å². The second kappa shape index (κ2) is 11.9. The van der Waals surface area contributed by atoms with Gasteiger partial charge in [-0.1, -0.05) is 42.5 Å². The van der Waals surface area contributed by atoms with Gasteiger partial charge in [-0.05, 0) is 48.4 Å². The number of aromatic nitrogens is 3. The summed E-state index contributed by atoms with van der Waals surface area (Å²) in [7, 11) is 1.50. The Labute approximate surface area is 213 Å². The molecule has 1 aromatic heterocycles. The number of carbonyl (C=O) groups is 1. The number of nitrogens with zero attached hydrogens (tertiary/aromatic N) is 2. The van der Waals surface area contributed by atoms with Gasteiger partial charge >= 0.3 is 0 Å². The van der Waals surface area contributed by atoms with Crippen molar-refractivity contribution in [1.29, 1.82) is 0 Å². The van der Waals surface area contributed by atoms with E-state index in [4.69, 9.17) is 9.47 Å². The fourth-order valence-electron chi connectivity index (χ4n) is 3.75. The average molecular weight is 503 g/mol. The van der Waals surface area contributed by atoms with E-state index in [1.54, 1.807) is 30.3 Å². The monoisotopic (exact) mass is 502 g/mol. The number of benzene rings is 3. The summed E-state index contributed by atoms with van der Waals surface area (Å²) in [6.07, 6.45) is 0.269. The molecule has 2 N–H and O–H groups in total. The number of H-pyrrole nitrogens is 1. The summed E-state index contributed by atoms with van der Waals surface area (Å²) in [4.78, 5) is 27.7. The highest BCUT2D eigenvalue weighted by atomic mass is 19.1. The van der Waals surface area contributed by atoms with Crippen LogP contribution >= 0.6 is 0 Å². The van der Waals surface area contributed by atoms with Gasteiger partial charge in [-0.25, -0.2) is 4.39 Å². The van der Waals surface area contributed by atoms with Crippen molar-refractivity contribution in [1.82, 2.24) is 20.5 Å². The maximum absolute atomic E-state index is 13.4. The topological polar surface area (TPSA) is 106 Å². The zero-order valence-electron chi connectivity index (χ0n) is 20.5. The number of aromatic amines is 1. The minimum Gasteiger partial charge on any atom is -0.493 e. The van der Waals surface area contributed by atoms with E-state index in [1.807, 2.05) is 37.3 Å². The van der Waals surface area contributed by atoms with Crippen LogP contribution in [0, 0.1) is 5.82 Å². The Kier molecular flexibility index (Phi) is 8.25. The molecule has 0 bridgehead atoms. The molecule has 4 rings (SSSR count). The van der Waals surface area contributed by atoms with Crippen molar-refractivity contribution >= 4 is 5.91 Å². The normalized spacial score (nSPS) is 11.5. The van der Waals surface area contributed by atoms with Crippen LogP contribution in [0.5, 0.6) is 11.5 Å². The van der Waals surface area contributed by atoms with Crippen LogP contribution in [0.2, 0.25) is 0 Å². The van der Waals surface area contributed by atoms with E-state index in [9.17, 15) is 14.0 Å². The Morgan fingerprint density at radius 3 is 2.57 bits per heavy atom. The van der Waals surface area contributed by atoms with Gasteiger partial charge in [-0.2, -0.15) is 0 Å². The molecule has 1 atom stereocenters. The first-order valence-corrected chi connectivity index (χ1v) is 11.8. The van der Waals surface area contributed by atoms with Gasteiger partial charge in [-0.15, -0.1) is 10.2 Å². The van der Waals surface area contributed by atoms with Gasteiger partial charge in [0.25, 0.3) is 5.56 Å². The maximum atomic E-state index is 13.4. The summed E-state index contributed by atoms with van der Waals surface area (Å²) in [5, 5.41) is 11.1. The van der Waals surface area contributed by atoms with Crippen molar-refractivity contribution < 1.29 is 18.7 Å². The van der Waals surface area contributed by atoms with Crippen molar-refractivity contribution in [2.75, 3.05) is 7.11 Å². The fraction of sp³-hybridized carbons (Fsp3) is 0.214. The molecule has 0 aliphatic carbocycles. The molecular weight excluding hydrogens is 475 g/mol. The zero-order chi connectivity index (χ0) is 26.2. The van der Waals surface area contributed by atoms with Gasteiger partial charge < -0.3 is 19.8 Å². The smallest absolute Gasteiger partial charge is 0.273 e. The summed E-state index contributed by atoms with van der Waals surface area (Å²) in [5.74, 6) is 0.617. The van der Waals surface area contributed by atoms with E-state index >= 15 is 0 Å². The van der Waals surface area contributed by atoms with Crippen LogP contribution in [0.4, 0.5) is 4.39 Å². The SMILES string of the molecule is COc1cc(-c2nnc(CCC(=O)NC(C)c3ccccc3)c(=O)[nH]2)ccc1OCc1cccc(F)c1. The van der Waals surface area contributed by atoms with Crippen LogP contribution in [-0.2, 0) is 17.8 Å². The molecule has 4 aromatic rings. The third-order valence-electron chi connectivity index (χ3n) is 5.75. The standard InChI is InChI=1S/C28H27FN4O4/c1-18(20-8-4-3-5-9-20)30-26(34)14-12-23-28(35)31-27(33-32-23)21-11-13-24(25(16-21)36-2)37-17-19-7-6-10-22(29)15-19/h3-11,13,15-16,18H,12,14,17H2,1-2H3,(H,30,34)(H,31,33,35). The minimum absolute atomic E-state index is 0.111. The van der Waals surface area contributed by atoms with Crippen molar-refractivity contribution in [2.24, 2.45) is 0 Å². The molecule has 0 aliphatic rings. The van der Waals surface area contributed by atoms with Crippen LogP contribution < -0.4 is 20.3 Å². The van der Waals surface area contributed by atoms with Crippen LogP contribution in [0.15, 0.2) is 77.6 Å². The summed E-state index contributed by atoms with van der Waals surface area (Å²) in [6, 6.07) is 20.7. The Balaban J connectivity index is 1.38. The Morgan fingerprint density at radius 1 is 1.03 bits per heavy atom.